The predicted molar refractivity (Wildman–Crippen MR) is 185 cm³/mol. The predicted octanol–water partition coefficient (Wildman–Crippen LogP) is 3.61. The van der Waals surface area contributed by atoms with Crippen LogP contribution in [0.4, 0.5) is 4.79 Å². The summed E-state index contributed by atoms with van der Waals surface area (Å²) in [6, 6.07) is 5.10. The molecule has 3 atom stereocenters. The van der Waals surface area contributed by atoms with E-state index >= 15 is 0 Å². The lowest BCUT2D eigenvalue weighted by Crippen LogP contribution is -2.56. The number of ketones is 1. The van der Waals surface area contributed by atoms with Crippen LogP contribution in [0.2, 0.25) is 0 Å². The molecule has 264 valence electrons. The largest absolute Gasteiger partial charge is 0.497 e. The molecule has 0 aromatic heterocycles. The molecule has 0 bridgehead atoms. The van der Waals surface area contributed by atoms with E-state index in [1.807, 2.05) is 65.8 Å². The quantitative estimate of drug-likeness (QED) is 0.110. The summed E-state index contributed by atoms with van der Waals surface area (Å²) >= 11 is 0. The van der Waals surface area contributed by atoms with E-state index in [2.05, 4.69) is 26.6 Å². The third-order valence-corrected chi connectivity index (χ3v) is 6.96. The van der Waals surface area contributed by atoms with Crippen molar-refractivity contribution >= 4 is 29.5 Å². The third kappa shape index (κ3) is 20.4. The summed E-state index contributed by atoms with van der Waals surface area (Å²) in [6.45, 7) is 13.8. The summed E-state index contributed by atoms with van der Waals surface area (Å²) in [4.78, 5) is 61.0. The Morgan fingerprint density at radius 3 is 1.89 bits per heavy atom. The molecule has 0 heterocycles. The van der Waals surface area contributed by atoms with Crippen LogP contribution in [0, 0.1) is 5.92 Å². The van der Waals surface area contributed by atoms with Gasteiger partial charge < -0.3 is 37.1 Å². The molecule has 1 aromatic rings. The molecule has 3 unspecified atom stereocenters. The Morgan fingerprint density at radius 2 is 1.37 bits per heavy atom. The minimum Gasteiger partial charge on any atom is -0.497 e. The fraction of sp³-hybridized carbons (Fsp3) is 0.676. The molecule has 46 heavy (non-hydrogen) atoms. The lowest BCUT2D eigenvalue weighted by Gasteiger charge is -2.26. The molecule has 0 spiro atoms. The van der Waals surface area contributed by atoms with Crippen molar-refractivity contribution in [2.45, 2.75) is 118 Å². The van der Waals surface area contributed by atoms with Crippen LogP contribution in [0.1, 0.15) is 99.0 Å². The number of ether oxygens (including phenoxy) is 1. The van der Waals surface area contributed by atoms with Crippen LogP contribution >= 0.6 is 0 Å². The van der Waals surface area contributed by atoms with Crippen LogP contribution in [-0.2, 0) is 25.6 Å². The van der Waals surface area contributed by atoms with Crippen LogP contribution in [0.15, 0.2) is 24.3 Å². The van der Waals surface area contributed by atoms with Crippen LogP contribution in [0.3, 0.4) is 0 Å². The highest BCUT2D eigenvalue weighted by atomic mass is 16.5. The molecular weight excluding hydrogens is 588 g/mol. The van der Waals surface area contributed by atoms with Crippen molar-refractivity contribution < 1.29 is 28.7 Å². The standard InChI is InChI=1S/C30H50N6O6.2C2H6/c1-20(2)27(29(40)35-24(21(3)37)12-9-19-34-30(31)41)36-28(39)25(32-4)11-6-7-18-33-26(38)13-8-10-22-14-16-23(42-5)17-15-22;2*1-2/h14-17,20,24-25,27,32H,6-13,18-19H2,1-5H3,(H,33,38)(H,35,40)(H,36,39)(H3,31,34,41);2*1-2H3. The number of nitrogens with one attached hydrogen (secondary N) is 5. The number of methoxy groups -OCH3 is 1. The molecule has 1 rings (SSSR count). The number of unbranched alkanes of at least 4 members (excludes halogenated alkanes) is 1. The number of carbonyl (C=O) groups excluding carboxylic acids is 5. The van der Waals surface area contributed by atoms with Gasteiger partial charge in [0, 0.05) is 19.5 Å². The van der Waals surface area contributed by atoms with Crippen LogP contribution in [0.25, 0.3) is 0 Å². The minimum absolute atomic E-state index is 0.00482. The molecule has 0 saturated heterocycles. The first-order valence-corrected chi connectivity index (χ1v) is 16.7. The number of likely N-dealkylation sites (N-methyl/N-ethyl adjacent to an activating group) is 1. The Kier molecular flexibility index (Phi) is 26.7. The van der Waals surface area contributed by atoms with Gasteiger partial charge in [0.15, 0.2) is 5.78 Å². The Hall–Kier alpha value is -3.67. The number of nitrogens with two attached hydrogens (primary N) is 1. The Balaban J connectivity index is 0. The highest BCUT2D eigenvalue weighted by molar-refractivity contribution is 5.93. The van der Waals surface area contributed by atoms with Crippen molar-refractivity contribution in [2.24, 2.45) is 11.7 Å². The van der Waals surface area contributed by atoms with E-state index in [0.717, 1.165) is 24.2 Å². The van der Waals surface area contributed by atoms with Gasteiger partial charge in [0.05, 0.1) is 19.2 Å². The molecule has 12 heteroatoms. The van der Waals surface area contributed by atoms with E-state index < -0.39 is 30.1 Å². The molecule has 0 radical (unpaired) electrons. The molecular formula is C34H62N6O6. The van der Waals surface area contributed by atoms with Gasteiger partial charge >= 0.3 is 6.03 Å². The number of benzene rings is 1. The van der Waals surface area contributed by atoms with Crippen molar-refractivity contribution in [2.75, 3.05) is 27.2 Å². The Morgan fingerprint density at radius 1 is 0.783 bits per heavy atom. The monoisotopic (exact) mass is 650 g/mol. The molecule has 0 aliphatic heterocycles. The maximum absolute atomic E-state index is 13.0. The molecule has 12 nitrogen and oxygen atoms in total. The Bertz CT molecular complexity index is 1000. The summed E-state index contributed by atoms with van der Waals surface area (Å²) in [5, 5.41) is 13.9. The maximum Gasteiger partial charge on any atom is 0.312 e. The lowest BCUT2D eigenvalue weighted by atomic mass is 10.00. The summed E-state index contributed by atoms with van der Waals surface area (Å²) in [6.07, 6.45) is 4.76. The van der Waals surface area contributed by atoms with Crippen molar-refractivity contribution in [3.05, 3.63) is 29.8 Å². The van der Waals surface area contributed by atoms with Crippen LogP contribution in [-0.4, -0.2) is 74.9 Å². The van der Waals surface area contributed by atoms with E-state index in [-0.39, 0.29) is 30.1 Å². The number of hydrogen-bond acceptors (Lipinski definition) is 7. The van der Waals surface area contributed by atoms with E-state index in [1.165, 1.54) is 6.92 Å². The summed E-state index contributed by atoms with van der Waals surface area (Å²) in [5.74, 6) is -0.360. The number of amides is 5. The van der Waals surface area contributed by atoms with Gasteiger partial charge in [0.2, 0.25) is 17.7 Å². The average Bonchev–Trinajstić information content (AvgIpc) is 3.04. The number of Topliss-reactive ketones (excluding diaryl/α,β-unsaturated/α-hetero) is 1. The van der Waals surface area contributed by atoms with E-state index in [1.54, 1.807) is 14.2 Å². The highest BCUT2D eigenvalue weighted by Gasteiger charge is 2.29. The molecule has 5 amide bonds. The first kappa shape index (κ1) is 44.5. The first-order valence-electron chi connectivity index (χ1n) is 16.7. The van der Waals surface area contributed by atoms with Gasteiger partial charge in [0.25, 0.3) is 0 Å². The number of hydrogen-bond donors (Lipinski definition) is 6. The summed E-state index contributed by atoms with van der Waals surface area (Å²) in [7, 11) is 3.31. The van der Waals surface area contributed by atoms with Crippen molar-refractivity contribution in [3.8, 4) is 5.75 Å². The fourth-order valence-corrected chi connectivity index (χ4v) is 4.39. The SMILES string of the molecule is CC.CC.CNC(CCCCNC(=O)CCCc1ccc(OC)cc1)C(=O)NC(C(=O)NC(CCCNC(N)=O)C(C)=O)C(C)C. The number of urea groups is 1. The first-order chi connectivity index (χ1) is 22.0. The highest BCUT2D eigenvalue weighted by Crippen LogP contribution is 2.13. The number of rotatable bonds is 21. The van der Waals surface area contributed by atoms with Gasteiger partial charge in [-0.3, -0.25) is 19.2 Å². The zero-order valence-corrected chi connectivity index (χ0v) is 29.7. The second kappa shape index (κ2) is 27.6. The maximum atomic E-state index is 13.0. The van der Waals surface area contributed by atoms with Gasteiger partial charge in [-0.15, -0.1) is 0 Å². The van der Waals surface area contributed by atoms with Gasteiger partial charge in [0.1, 0.15) is 11.8 Å². The normalized spacial score (nSPS) is 12.1. The molecule has 1 aromatic carbocycles. The van der Waals surface area contributed by atoms with Gasteiger partial charge in [-0.2, -0.15) is 0 Å². The summed E-state index contributed by atoms with van der Waals surface area (Å²) in [5.41, 5.74) is 6.21. The average molecular weight is 651 g/mol. The zero-order chi connectivity index (χ0) is 35.5. The van der Waals surface area contributed by atoms with Crippen LogP contribution < -0.4 is 37.1 Å². The molecule has 0 fully saturated rings. The minimum atomic E-state index is -0.823. The molecule has 0 aliphatic carbocycles. The third-order valence-electron chi connectivity index (χ3n) is 6.96. The zero-order valence-electron chi connectivity index (χ0n) is 29.7. The Labute approximate surface area is 277 Å². The van der Waals surface area contributed by atoms with Gasteiger partial charge in [-0.1, -0.05) is 53.7 Å². The van der Waals surface area contributed by atoms with Crippen LogP contribution in [0.5, 0.6) is 5.75 Å². The van der Waals surface area contributed by atoms with E-state index in [4.69, 9.17) is 10.5 Å². The molecule has 0 aliphatic rings. The second-order valence-electron chi connectivity index (χ2n) is 10.7. The number of primary amides is 1. The van der Waals surface area contributed by atoms with Gasteiger partial charge in [-0.25, -0.2) is 4.79 Å². The molecule has 7 N–H and O–H groups in total. The molecule has 0 saturated carbocycles. The number of aryl methyl sites for hydroxylation is 1. The topological polar surface area (TPSA) is 181 Å². The lowest BCUT2D eigenvalue weighted by molar-refractivity contribution is -0.133. The van der Waals surface area contributed by atoms with Crippen molar-refractivity contribution in [1.29, 1.82) is 0 Å². The second-order valence-corrected chi connectivity index (χ2v) is 10.7. The van der Waals surface area contributed by atoms with Crippen molar-refractivity contribution in [3.63, 3.8) is 0 Å². The smallest absolute Gasteiger partial charge is 0.312 e. The van der Waals surface area contributed by atoms with Crippen molar-refractivity contribution in [1.82, 2.24) is 26.6 Å². The van der Waals surface area contributed by atoms with Gasteiger partial charge in [-0.05, 0) is 82.5 Å². The van der Waals surface area contributed by atoms with E-state index in [0.29, 0.717) is 45.1 Å². The summed E-state index contributed by atoms with van der Waals surface area (Å²) < 4.78 is 5.16. The number of carbonyl (C=O) groups is 5. The fourth-order valence-electron chi connectivity index (χ4n) is 4.39. The van der Waals surface area contributed by atoms with E-state index in [9.17, 15) is 24.0 Å².